The molecule has 194 valence electrons. The Balaban J connectivity index is 1.59. The lowest BCUT2D eigenvalue weighted by Gasteiger charge is -2.27. The summed E-state index contributed by atoms with van der Waals surface area (Å²) in [5.41, 5.74) is 2.84. The molecule has 3 aromatic rings. The number of ether oxygens (including phenoxy) is 3. The first-order chi connectivity index (χ1) is 17.6. The molecule has 0 radical (unpaired) electrons. The van der Waals surface area contributed by atoms with Crippen molar-refractivity contribution < 1.29 is 19.3 Å². The van der Waals surface area contributed by atoms with Crippen molar-refractivity contribution in [3.05, 3.63) is 71.9 Å². The Morgan fingerprint density at radius 2 is 1.89 bits per heavy atom. The van der Waals surface area contributed by atoms with Gasteiger partial charge in [-0.3, -0.25) is 4.90 Å². The Morgan fingerprint density at radius 3 is 2.58 bits per heavy atom. The van der Waals surface area contributed by atoms with Crippen molar-refractivity contribution in [1.29, 1.82) is 0 Å². The lowest BCUT2D eigenvalue weighted by atomic mass is 10.1. The molecule has 0 aliphatic carbocycles. The fraction of sp³-hybridized carbons (Fsp3) is 0.483. The SMILES string of the molecule is CCCCOCC(O)CN(Cc1c(C)nn(-c2ccccc2)c1Oc1ccccc1)CC1CCCO1. The lowest BCUT2D eigenvalue weighted by Crippen LogP contribution is -2.39. The minimum atomic E-state index is -0.578. The first-order valence-electron chi connectivity index (χ1n) is 13.1. The highest BCUT2D eigenvalue weighted by Gasteiger charge is 2.26. The molecule has 4 rings (SSSR count). The quantitative estimate of drug-likeness (QED) is 0.314. The smallest absolute Gasteiger partial charge is 0.227 e. The number of para-hydroxylation sites is 2. The predicted molar refractivity (Wildman–Crippen MR) is 141 cm³/mol. The van der Waals surface area contributed by atoms with E-state index in [0.29, 0.717) is 32.2 Å². The average molecular weight is 494 g/mol. The Kier molecular flexibility index (Phi) is 9.93. The summed E-state index contributed by atoms with van der Waals surface area (Å²) < 4.78 is 19.9. The number of hydrogen-bond acceptors (Lipinski definition) is 6. The maximum Gasteiger partial charge on any atom is 0.227 e. The number of aliphatic hydroxyl groups is 1. The van der Waals surface area contributed by atoms with Crippen LogP contribution in [-0.2, 0) is 16.0 Å². The highest BCUT2D eigenvalue weighted by molar-refractivity contribution is 5.43. The minimum absolute atomic E-state index is 0.168. The average Bonchev–Trinajstić information content (AvgIpc) is 3.51. The van der Waals surface area contributed by atoms with Crippen LogP contribution in [0.1, 0.15) is 43.9 Å². The third-order valence-corrected chi connectivity index (χ3v) is 6.38. The van der Waals surface area contributed by atoms with Crippen molar-refractivity contribution in [2.24, 2.45) is 0 Å². The van der Waals surface area contributed by atoms with Crippen LogP contribution in [0.15, 0.2) is 60.7 Å². The maximum atomic E-state index is 10.8. The van der Waals surface area contributed by atoms with E-state index in [0.717, 1.165) is 61.5 Å². The third kappa shape index (κ3) is 7.40. The molecule has 1 saturated heterocycles. The number of benzene rings is 2. The highest BCUT2D eigenvalue weighted by atomic mass is 16.5. The Labute approximate surface area is 214 Å². The number of rotatable bonds is 14. The summed E-state index contributed by atoms with van der Waals surface area (Å²) in [5, 5.41) is 15.6. The summed E-state index contributed by atoms with van der Waals surface area (Å²) in [6.45, 7) is 7.78. The van der Waals surface area contributed by atoms with Gasteiger partial charge in [-0.15, -0.1) is 0 Å². The van der Waals surface area contributed by atoms with Gasteiger partial charge in [0.25, 0.3) is 0 Å². The van der Waals surface area contributed by atoms with Crippen molar-refractivity contribution in [3.8, 4) is 17.3 Å². The monoisotopic (exact) mass is 493 g/mol. The number of aryl methyl sites for hydroxylation is 1. The molecule has 0 saturated carbocycles. The van der Waals surface area contributed by atoms with E-state index in [1.54, 1.807) is 0 Å². The van der Waals surface area contributed by atoms with Crippen LogP contribution in [0.4, 0.5) is 0 Å². The second-order valence-electron chi connectivity index (χ2n) is 9.44. The second-order valence-corrected chi connectivity index (χ2v) is 9.44. The zero-order valence-electron chi connectivity index (χ0n) is 21.5. The largest absolute Gasteiger partial charge is 0.439 e. The van der Waals surface area contributed by atoms with Crippen LogP contribution in [0.3, 0.4) is 0 Å². The van der Waals surface area contributed by atoms with Gasteiger partial charge in [-0.2, -0.15) is 5.10 Å². The molecule has 2 unspecified atom stereocenters. The van der Waals surface area contributed by atoms with E-state index < -0.39 is 6.10 Å². The summed E-state index contributed by atoms with van der Waals surface area (Å²) in [6.07, 6.45) is 3.79. The van der Waals surface area contributed by atoms with E-state index in [1.165, 1.54) is 0 Å². The first kappa shape index (κ1) is 26.4. The van der Waals surface area contributed by atoms with Crippen LogP contribution in [0, 0.1) is 6.92 Å². The van der Waals surface area contributed by atoms with Crippen molar-refractivity contribution in [2.45, 2.75) is 58.3 Å². The number of unbranched alkanes of at least 4 members (excludes halogenated alkanes) is 1. The molecule has 0 amide bonds. The maximum absolute atomic E-state index is 10.8. The molecule has 1 aliphatic rings. The minimum Gasteiger partial charge on any atom is -0.439 e. The summed E-state index contributed by atoms with van der Waals surface area (Å²) in [4.78, 5) is 2.25. The molecule has 2 aromatic carbocycles. The Morgan fingerprint density at radius 1 is 1.14 bits per heavy atom. The van der Waals surface area contributed by atoms with Crippen LogP contribution in [0.25, 0.3) is 5.69 Å². The van der Waals surface area contributed by atoms with Gasteiger partial charge in [0.05, 0.1) is 35.8 Å². The summed E-state index contributed by atoms with van der Waals surface area (Å²) in [6, 6.07) is 19.8. The number of hydrogen-bond donors (Lipinski definition) is 1. The van der Waals surface area contributed by atoms with Crippen molar-refractivity contribution in [3.63, 3.8) is 0 Å². The van der Waals surface area contributed by atoms with E-state index in [9.17, 15) is 5.11 Å². The standard InChI is InChI=1S/C29H39N3O4/c1-3-4-17-34-22-25(33)19-31(20-27-16-11-18-35-27)21-28-23(2)30-32(24-12-7-5-8-13-24)29(28)36-26-14-9-6-10-15-26/h5-10,12-15,25,27,33H,3-4,11,16-22H2,1-2H3. The molecular weight excluding hydrogens is 454 g/mol. The van der Waals surface area contributed by atoms with Crippen molar-refractivity contribution >= 4 is 0 Å². The zero-order valence-corrected chi connectivity index (χ0v) is 21.5. The first-order valence-corrected chi connectivity index (χ1v) is 13.1. The molecule has 2 atom stereocenters. The fourth-order valence-electron chi connectivity index (χ4n) is 4.49. The molecule has 1 fully saturated rings. The second kappa shape index (κ2) is 13.6. The van der Waals surface area contributed by atoms with Crippen LogP contribution >= 0.6 is 0 Å². The third-order valence-electron chi connectivity index (χ3n) is 6.38. The van der Waals surface area contributed by atoms with E-state index in [4.69, 9.17) is 19.3 Å². The van der Waals surface area contributed by atoms with Crippen LogP contribution in [-0.4, -0.2) is 64.9 Å². The molecule has 2 heterocycles. The lowest BCUT2D eigenvalue weighted by molar-refractivity contribution is 0.00137. The number of aliphatic hydroxyl groups excluding tert-OH is 1. The van der Waals surface area contributed by atoms with E-state index >= 15 is 0 Å². The van der Waals surface area contributed by atoms with E-state index in [-0.39, 0.29) is 6.10 Å². The Hall–Kier alpha value is -2.71. The van der Waals surface area contributed by atoms with Gasteiger partial charge in [0.2, 0.25) is 5.88 Å². The number of nitrogens with zero attached hydrogens (tertiary/aromatic N) is 3. The van der Waals surface area contributed by atoms with Gasteiger partial charge in [-0.05, 0) is 50.5 Å². The summed E-state index contributed by atoms with van der Waals surface area (Å²) in [5.74, 6) is 1.45. The molecule has 36 heavy (non-hydrogen) atoms. The van der Waals surface area contributed by atoms with Gasteiger partial charge in [0.15, 0.2) is 0 Å². The van der Waals surface area contributed by atoms with Gasteiger partial charge >= 0.3 is 0 Å². The normalized spacial score (nSPS) is 16.5. The molecule has 7 nitrogen and oxygen atoms in total. The van der Waals surface area contributed by atoms with Crippen LogP contribution in [0.5, 0.6) is 11.6 Å². The Bertz CT molecular complexity index is 1040. The summed E-state index contributed by atoms with van der Waals surface area (Å²) >= 11 is 0. The molecule has 1 aromatic heterocycles. The van der Waals surface area contributed by atoms with Gasteiger partial charge in [-0.25, -0.2) is 4.68 Å². The molecule has 0 bridgehead atoms. The van der Waals surface area contributed by atoms with Crippen LogP contribution < -0.4 is 4.74 Å². The molecule has 1 N–H and O–H groups in total. The van der Waals surface area contributed by atoms with Gasteiger partial charge < -0.3 is 19.3 Å². The molecule has 1 aliphatic heterocycles. The van der Waals surface area contributed by atoms with E-state index in [1.807, 2.05) is 72.3 Å². The zero-order chi connectivity index (χ0) is 25.2. The topological polar surface area (TPSA) is 69.0 Å². The highest BCUT2D eigenvalue weighted by Crippen LogP contribution is 2.32. The van der Waals surface area contributed by atoms with E-state index in [2.05, 4.69) is 11.8 Å². The van der Waals surface area contributed by atoms with Crippen molar-refractivity contribution in [2.75, 3.05) is 32.9 Å². The van der Waals surface area contributed by atoms with Gasteiger partial charge in [-0.1, -0.05) is 49.7 Å². The van der Waals surface area contributed by atoms with Gasteiger partial charge in [0.1, 0.15) is 5.75 Å². The molecule has 7 heteroatoms. The van der Waals surface area contributed by atoms with Crippen LogP contribution in [0.2, 0.25) is 0 Å². The van der Waals surface area contributed by atoms with Crippen molar-refractivity contribution in [1.82, 2.24) is 14.7 Å². The predicted octanol–water partition coefficient (Wildman–Crippen LogP) is 5.13. The summed E-state index contributed by atoms with van der Waals surface area (Å²) in [7, 11) is 0. The fourth-order valence-corrected chi connectivity index (χ4v) is 4.49. The number of aromatic nitrogens is 2. The molecule has 0 spiro atoms. The van der Waals surface area contributed by atoms with Gasteiger partial charge in [0, 0.05) is 32.8 Å². The molecular formula is C29H39N3O4.